The predicted octanol–water partition coefficient (Wildman–Crippen LogP) is 6.57. The van der Waals surface area contributed by atoms with Crippen LogP contribution in [0.5, 0.6) is 0 Å². The van der Waals surface area contributed by atoms with Crippen molar-refractivity contribution in [3.05, 3.63) is 42.0 Å². The molecule has 0 nitrogen and oxygen atoms in total. The summed E-state index contributed by atoms with van der Waals surface area (Å²) in [6.45, 7) is 0. The first-order chi connectivity index (χ1) is 11.0. The van der Waals surface area contributed by atoms with Crippen molar-refractivity contribution in [2.24, 2.45) is 0 Å². The fourth-order valence-electron chi connectivity index (χ4n) is 1.61. The molecule has 0 spiro atoms. The van der Waals surface area contributed by atoms with E-state index in [-0.39, 0.29) is 5.56 Å². The van der Waals surface area contributed by atoms with E-state index in [1.165, 1.54) is 18.2 Å². The maximum Gasteiger partial charge on any atom is 0.460 e. The van der Waals surface area contributed by atoms with Gasteiger partial charge in [-0.2, -0.15) is 43.9 Å². The van der Waals surface area contributed by atoms with Gasteiger partial charge in [-0.25, -0.2) is 4.39 Å². The van der Waals surface area contributed by atoms with Gasteiger partial charge in [0.1, 0.15) is 0 Å². The molecule has 1 unspecified atom stereocenters. The molecule has 1 rings (SSSR count). The molecule has 0 aliphatic rings. The zero-order valence-electron chi connectivity index (χ0n) is 11.5. The van der Waals surface area contributed by atoms with Crippen molar-refractivity contribution in [1.29, 1.82) is 0 Å². The maximum atomic E-state index is 14.1. The average molecular weight is 498 g/mol. The van der Waals surface area contributed by atoms with Crippen LogP contribution in [0.4, 0.5) is 48.3 Å². The Kier molecular flexibility index (Phi) is 5.78. The van der Waals surface area contributed by atoms with Crippen LogP contribution in [0.2, 0.25) is 0 Å². The van der Waals surface area contributed by atoms with E-state index in [1.807, 2.05) is 0 Å². The first-order valence-corrected chi connectivity index (χ1v) is 7.08. The van der Waals surface area contributed by atoms with E-state index in [1.54, 1.807) is 0 Å². The Morgan fingerprint density at radius 3 is 1.48 bits per heavy atom. The highest BCUT2D eigenvalue weighted by Gasteiger charge is 2.85. The summed E-state index contributed by atoms with van der Waals surface area (Å²) in [4.78, 5) is 0. The zero-order chi connectivity index (χ0) is 19.9. The molecule has 0 aromatic heterocycles. The molecule has 1 atom stereocenters. The van der Waals surface area contributed by atoms with Crippen molar-refractivity contribution in [3.8, 4) is 0 Å². The predicted molar refractivity (Wildman–Crippen MR) is 74.3 cm³/mol. The Hall–Kier alpha value is -1.08. The monoisotopic (exact) mass is 498 g/mol. The zero-order valence-corrected chi connectivity index (χ0v) is 13.7. The minimum atomic E-state index is -7.27. The molecule has 0 bridgehead atoms. The Bertz CT molecular complexity index is 630. The normalized spacial score (nSPS) is 17.4. The van der Waals surface area contributed by atoms with Gasteiger partial charge in [-0.1, -0.05) is 30.3 Å². The molecule has 0 radical (unpaired) electrons. The summed E-state index contributed by atoms with van der Waals surface area (Å²) in [5.41, 5.74) is -6.56. The Morgan fingerprint density at radius 1 is 0.680 bits per heavy atom. The molecule has 0 N–H and O–H groups in total. The van der Waals surface area contributed by atoms with Crippen LogP contribution in [0, 0.1) is 0 Å². The van der Waals surface area contributed by atoms with E-state index in [2.05, 4.69) is 0 Å². The van der Waals surface area contributed by atoms with Gasteiger partial charge < -0.3 is 0 Å². The van der Waals surface area contributed by atoms with Gasteiger partial charge in [-0.05, 0) is 34.2 Å². The van der Waals surface area contributed by atoms with Gasteiger partial charge in [-0.3, -0.25) is 0 Å². The minimum absolute atomic E-state index is 0.291. The molecule has 0 heterocycles. The average Bonchev–Trinajstić information content (AvgIpc) is 2.45. The van der Waals surface area contributed by atoms with Crippen LogP contribution in [0.3, 0.4) is 0 Å². The quantitative estimate of drug-likeness (QED) is 0.326. The third kappa shape index (κ3) is 3.72. The van der Waals surface area contributed by atoms with E-state index < -0.39 is 39.5 Å². The molecule has 1 aromatic carbocycles. The highest BCUT2D eigenvalue weighted by Crippen LogP contribution is 2.58. The van der Waals surface area contributed by atoms with Gasteiger partial charge in [0.15, 0.2) is 0 Å². The molecule has 0 fully saturated rings. The number of allylic oxidation sites excluding steroid dienone is 1. The van der Waals surface area contributed by atoms with Gasteiger partial charge >= 0.3 is 24.2 Å². The first kappa shape index (κ1) is 22.0. The summed E-state index contributed by atoms with van der Waals surface area (Å²) in [5.74, 6) is -14.4. The van der Waals surface area contributed by atoms with Crippen molar-refractivity contribution >= 4 is 26.2 Å². The van der Waals surface area contributed by atoms with Crippen LogP contribution >= 0.6 is 22.6 Å². The van der Waals surface area contributed by atoms with Crippen molar-refractivity contribution in [2.45, 2.75) is 29.9 Å². The topological polar surface area (TPSA) is 0 Å². The van der Waals surface area contributed by atoms with Crippen molar-refractivity contribution < 1.29 is 48.3 Å². The number of halogens is 12. The molecule has 0 saturated heterocycles. The van der Waals surface area contributed by atoms with Crippen LogP contribution in [0.1, 0.15) is 5.56 Å². The highest BCUT2D eigenvalue weighted by molar-refractivity contribution is 14.1. The molecule has 0 saturated carbocycles. The number of benzene rings is 1. The second kappa shape index (κ2) is 6.58. The summed E-state index contributed by atoms with van der Waals surface area (Å²) in [7, 11) is 0. The summed E-state index contributed by atoms with van der Waals surface area (Å²) >= 11 is 0.923. The fraction of sp³-hybridized carbons (Fsp3) is 0.385. The lowest BCUT2D eigenvalue weighted by Gasteiger charge is -2.37. The third-order valence-electron chi connectivity index (χ3n) is 3.00. The van der Waals surface area contributed by atoms with Crippen molar-refractivity contribution in [3.63, 3.8) is 0 Å². The Balaban J connectivity index is 3.63. The lowest BCUT2D eigenvalue weighted by Crippen LogP contribution is -2.66. The lowest BCUT2D eigenvalue weighted by molar-refractivity contribution is -0.401. The number of alkyl halides is 11. The van der Waals surface area contributed by atoms with E-state index in [0.717, 1.165) is 34.7 Å². The highest BCUT2D eigenvalue weighted by atomic mass is 127. The molecular weight excluding hydrogens is 492 g/mol. The standard InChI is InChI=1S/C13H6F11I/c14-9(12(19,20)21,6-8(25)7-4-2-1-3-5-7)10(15,16)11(17,18)13(22,23)24/h1-6H. The summed E-state index contributed by atoms with van der Waals surface area (Å²) in [5, 5.41) is 0. The minimum Gasteiger partial charge on any atom is -0.222 e. The molecule has 1 aromatic rings. The fourth-order valence-corrected chi connectivity index (χ4v) is 2.40. The number of hydrogen-bond acceptors (Lipinski definition) is 0. The molecule has 0 aliphatic carbocycles. The van der Waals surface area contributed by atoms with E-state index in [0.29, 0.717) is 0 Å². The SMILES string of the molecule is FC(F)(F)C(F)(F)C(F)(F)C(F)(C=C(I)c1ccccc1)C(F)(F)F. The van der Waals surface area contributed by atoms with Crippen molar-refractivity contribution in [2.75, 3.05) is 0 Å². The summed E-state index contributed by atoms with van der Waals surface area (Å²) in [6.07, 6.45) is -14.8. The number of rotatable bonds is 4. The molecule has 25 heavy (non-hydrogen) atoms. The van der Waals surface area contributed by atoms with E-state index in [9.17, 15) is 48.3 Å². The van der Waals surface area contributed by atoms with Crippen LogP contribution in [0.15, 0.2) is 36.4 Å². The Morgan fingerprint density at radius 2 is 1.12 bits per heavy atom. The van der Waals surface area contributed by atoms with Gasteiger partial charge in [0.25, 0.3) is 5.67 Å². The third-order valence-corrected chi connectivity index (χ3v) is 3.93. The van der Waals surface area contributed by atoms with Crippen LogP contribution < -0.4 is 0 Å². The molecule has 142 valence electrons. The summed E-state index contributed by atoms with van der Waals surface area (Å²) < 4.78 is 141. The van der Waals surface area contributed by atoms with E-state index >= 15 is 0 Å². The van der Waals surface area contributed by atoms with Gasteiger partial charge in [0.05, 0.1) is 0 Å². The van der Waals surface area contributed by atoms with Gasteiger partial charge in [0, 0.05) is 3.58 Å². The first-order valence-electron chi connectivity index (χ1n) is 6.01. The van der Waals surface area contributed by atoms with Gasteiger partial charge in [0.2, 0.25) is 0 Å². The summed E-state index contributed by atoms with van der Waals surface area (Å²) in [6, 6.07) is 5.81. The van der Waals surface area contributed by atoms with Gasteiger partial charge in [-0.15, -0.1) is 0 Å². The number of hydrogen-bond donors (Lipinski definition) is 0. The smallest absolute Gasteiger partial charge is 0.222 e. The van der Waals surface area contributed by atoms with E-state index in [4.69, 9.17) is 0 Å². The largest absolute Gasteiger partial charge is 0.460 e. The lowest BCUT2D eigenvalue weighted by atomic mass is 9.90. The van der Waals surface area contributed by atoms with Crippen molar-refractivity contribution in [1.82, 2.24) is 0 Å². The second-order valence-corrected chi connectivity index (χ2v) is 5.88. The molecule has 0 amide bonds. The van der Waals surface area contributed by atoms with Crippen LogP contribution in [0.25, 0.3) is 3.58 Å². The molecular formula is C13H6F11I. The second-order valence-electron chi connectivity index (χ2n) is 4.71. The van der Waals surface area contributed by atoms with Crippen LogP contribution in [-0.4, -0.2) is 29.9 Å². The molecule has 0 aliphatic heterocycles. The Labute approximate surface area is 146 Å². The molecule has 12 heteroatoms. The van der Waals surface area contributed by atoms with Crippen LogP contribution in [-0.2, 0) is 0 Å². The maximum absolute atomic E-state index is 14.1.